The SMILES string of the molecule is CNC(=O)c1ncc(N2CCN(Cc3ccc4nc(C)c(=O)[nH]c4c3C)CC2)cc1C(F)F. The number of H-pyrrole nitrogens is 1. The number of amides is 1. The van der Waals surface area contributed by atoms with Crippen molar-refractivity contribution in [2.24, 2.45) is 0 Å². The fourth-order valence-electron chi connectivity index (χ4n) is 4.12. The van der Waals surface area contributed by atoms with Crippen LogP contribution in [0.15, 0.2) is 29.2 Å². The summed E-state index contributed by atoms with van der Waals surface area (Å²) in [4.78, 5) is 39.4. The monoisotopic (exact) mass is 456 g/mol. The molecule has 1 amide bonds. The summed E-state index contributed by atoms with van der Waals surface area (Å²) in [7, 11) is 1.39. The van der Waals surface area contributed by atoms with Crippen molar-refractivity contribution in [2.75, 3.05) is 38.1 Å². The minimum atomic E-state index is -2.79. The van der Waals surface area contributed by atoms with E-state index < -0.39 is 12.3 Å². The number of carbonyl (C=O) groups excluding carboxylic acids is 1. The molecule has 3 aromatic rings. The van der Waals surface area contributed by atoms with Crippen LogP contribution in [0, 0.1) is 13.8 Å². The summed E-state index contributed by atoms with van der Waals surface area (Å²) >= 11 is 0. The molecule has 2 aromatic heterocycles. The van der Waals surface area contributed by atoms with Gasteiger partial charge in [-0.05, 0) is 37.1 Å². The van der Waals surface area contributed by atoms with E-state index in [9.17, 15) is 18.4 Å². The van der Waals surface area contributed by atoms with Gasteiger partial charge in [0.15, 0.2) is 0 Å². The van der Waals surface area contributed by atoms with Crippen LogP contribution in [0.3, 0.4) is 0 Å². The van der Waals surface area contributed by atoms with E-state index in [1.54, 1.807) is 6.92 Å². The van der Waals surface area contributed by atoms with Crippen molar-refractivity contribution in [3.63, 3.8) is 0 Å². The number of benzene rings is 1. The highest BCUT2D eigenvalue weighted by molar-refractivity contribution is 5.94. The Morgan fingerprint density at radius 2 is 1.94 bits per heavy atom. The lowest BCUT2D eigenvalue weighted by atomic mass is 10.1. The summed E-state index contributed by atoms with van der Waals surface area (Å²) in [6, 6.07) is 5.31. The molecule has 33 heavy (non-hydrogen) atoms. The van der Waals surface area contributed by atoms with Gasteiger partial charge in [0.05, 0.1) is 28.5 Å². The first-order valence-electron chi connectivity index (χ1n) is 10.7. The number of anilines is 1. The molecular formula is C23H26F2N6O2. The molecule has 3 heterocycles. The van der Waals surface area contributed by atoms with Crippen molar-refractivity contribution in [1.82, 2.24) is 25.2 Å². The summed E-state index contributed by atoms with van der Waals surface area (Å²) in [6.45, 7) is 7.14. The number of nitrogens with one attached hydrogen (secondary N) is 2. The van der Waals surface area contributed by atoms with Crippen LogP contribution in [0.2, 0.25) is 0 Å². The molecule has 1 aliphatic rings. The largest absolute Gasteiger partial charge is 0.368 e. The van der Waals surface area contributed by atoms with Gasteiger partial charge in [-0.3, -0.25) is 14.5 Å². The van der Waals surface area contributed by atoms with E-state index in [1.807, 2.05) is 24.0 Å². The standard InChI is InChI=1S/C23H26F2N6O2/c1-13-15(4-5-18-19(13)29-22(32)14(2)28-18)12-30-6-8-31(9-7-30)16-10-17(21(24)25)20(27-11-16)23(33)26-3/h4-5,10-11,21H,6-9,12H2,1-3H3,(H,26,33)(H,29,32). The zero-order valence-electron chi connectivity index (χ0n) is 18.8. The molecule has 0 unspecified atom stereocenters. The number of piperazine rings is 1. The van der Waals surface area contributed by atoms with Crippen molar-refractivity contribution >= 4 is 22.6 Å². The van der Waals surface area contributed by atoms with Crippen molar-refractivity contribution in [3.8, 4) is 0 Å². The number of pyridine rings is 1. The van der Waals surface area contributed by atoms with Gasteiger partial charge in [-0.1, -0.05) is 6.07 Å². The molecule has 0 spiro atoms. The second kappa shape index (κ2) is 9.22. The van der Waals surface area contributed by atoms with Crippen molar-refractivity contribution in [1.29, 1.82) is 0 Å². The van der Waals surface area contributed by atoms with Crippen LogP contribution < -0.4 is 15.8 Å². The average Bonchev–Trinajstić information content (AvgIpc) is 2.82. The number of carbonyl (C=O) groups is 1. The molecular weight excluding hydrogens is 430 g/mol. The summed E-state index contributed by atoms with van der Waals surface area (Å²) in [6.07, 6.45) is -1.31. The minimum Gasteiger partial charge on any atom is -0.368 e. The Morgan fingerprint density at radius 1 is 1.21 bits per heavy atom. The number of aromatic amines is 1. The smallest absolute Gasteiger partial charge is 0.270 e. The van der Waals surface area contributed by atoms with E-state index in [1.165, 1.54) is 19.3 Å². The first-order valence-corrected chi connectivity index (χ1v) is 10.7. The number of hydrogen-bond acceptors (Lipinski definition) is 6. The Hall–Kier alpha value is -3.40. The van der Waals surface area contributed by atoms with Gasteiger partial charge in [0.2, 0.25) is 0 Å². The third kappa shape index (κ3) is 4.56. The van der Waals surface area contributed by atoms with Crippen LogP contribution in [0.4, 0.5) is 14.5 Å². The average molecular weight is 456 g/mol. The fraction of sp³-hybridized carbons (Fsp3) is 0.391. The highest BCUT2D eigenvalue weighted by Crippen LogP contribution is 2.27. The highest BCUT2D eigenvalue weighted by Gasteiger charge is 2.24. The zero-order valence-corrected chi connectivity index (χ0v) is 18.8. The number of halogens is 2. The molecule has 0 atom stereocenters. The van der Waals surface area contributed by atoms with E-state index >= 15 is 0 Å². The van der Waals surface area contributed by atoms with E-state index in [-0.39, 0.29) is 16.8 Å². The van der Waals surface area contributed by atoms with Gasteiger partial charge >= 0.3 is 0 Å². The molecule has 1 saturated heterocycles. The van der Waals surface area contributed by atoms with Crippen LogP contribution in [0.5, 0.6) is 0 Å². The van der Waals surface area contributed by atoms with Gasteiger partial charge in [0, 0.05) is 39.8 Å². The first kappa shape index (κ1) is 22.8. The lowest BCUT2D eigenvalue weighted by molar-refractivity contribution is 0.0943. The molecule has 0 radical (unpaired) electrons. The van der Waals surface area contributed by atoms with Crippen molar-refractivity contribution in [3.05, 3.63) is 62.8 Å². The van der Waals surface area contributed by atoms with E-state index in [0.717, 1.165) is 35.2 Å². The van der Waals surface area contributed by atoms with E-state index in [2.05, 4.69) is 25.2 Å². The maximum atomic E-state index is 13.5. The Bertz CT molecular complexity index is 1250. The fourth-order valence-corrected chi connectivity index (χ4v) is 4.12. The number of hydrogen-bond donors (Lipinski definition) is 2. The number of rotatable bonds is 5. The van der Waals surface area contributed by atoms with Crippen LogP contribution in [-0.4, -0.2) is 59.0 Å². The summed E-state index contributed by atoms with van der Waals surface area (Å²) in [5.41, 5.74) is 3.85. The lowest BCUT2D eigenvalue weighted by Crippen LogP contribution is -2.46. The van der Waals surface area contributed by atoms with Gasteiger partial charge in [-0.2, -0.15) is 0 Å². The van der Waals surface area contributed by atoms with Crippen molar-refractivity contribution < 1.29 is 13.6 Å². The molecule has 0 aliphatic carbocycles. The Kier molecular flexibility index (Phi) is 6.37. The van der Waals surface area contributed by atoms with Crippen LogP contribution >= 0.6 is 0 Å². The van der Waals surface area contributed by atoms with Crippen LogP contribution in [-0.2, 0) is 6.54 Å². The molecule has 8 nitrogen and oxygen atoms in total. The third-order valence-electron chi connectivity index (χ3n) is 6.12. The second-order valence-electron chi connectivity index (χ2n) is 8.17. The topological polar surface area (TPSA) is 94.2 Å². The van der Waals surface area contributed by atoms with Gasteiger partial charge in [-0.25, -0.2) is 18.7 Å². The maximum Gasteiger partial charge on any atom is 0.270 e. The van der Waals surface area contributed by atoms with Crippen LogP contribution in [0.1, 0.15) is 39.3 Å². The molecule has 1 aromatic carbocycles. The quantitative estimate of drug-likeness (QED) is 0.613. The molecule has 2 N–H and O–H groups in total. The van der Waals surface area contributed by atoms with E-state index in [4.69, 9.17) is 0 Å². The molecule has 0 saturated carbocycles. The number of aryl methyl sites for hydroxylation is 2. The third-order valence-corrected chi connectivity index (χ3v) is 6.12. The van der Waals surface area contributed by atoms with Gasteiger partial charge in [-0.15, -0.1) is 0 Å². The number of nitrogens with zero attached hydrogens (tertiary/aromatic N) is 4. The predicted octanol–water partition coefficient (Wildman–Crippen LogP) is 2.55. The number of fused-ring (bicyclic) bond motifs is 1. The summed E-state index contributed by atoms with van der Waals surface area (Å²) in [5, 5.41) is 2.35. The summed E-state index contributed by atoms with van der Waals surface area (Å²) in [5.74, 6) is -0.626. The highest BCUT2D eigenvalue weighted by atomic mass is 19.3. The summed E-state index contributed by atoms with van der Waals surface area (Å²) < 4.78 is 27.0. The van der Waals surface area contributed by atoms with Gasteiger partial charge in [0.1, 0.15) is 11.4 Å². The molecule has 1 fully saturated rings. The molecule has 1 aliphatic heterocycles. The molecule has 10 heteroatoms. The Labute approximate surface area is 189 Å². The van der Waals surface area contributed by atoms with Gasteiger partial charge < -0.3 is 15.2 Å². The number of aromatic nitrogens is 3. The first-order chi connectivity index (χ1) is 15.8. The normalized spacial score (nSPS) is 14.8. The Morgan fingerprint density at radius 3 is 2.61 bits per heavy atom. The molecule has 0 bridgehead atoms. The minimum absolute atomic E-state index is 0.185. The molecule has 174 valence electrons. The predicted molar refractivity (Wildman–Crippen MR) is 122 cm³/mol. The molecule has 4 rings (SSSR count). The lowest BCUT2D eigenvalue weighted by Gasteiger charge is -2.36. The van der Waals surface area contributed by atoms with Crippen LogP contribution in [0.25, 0.3) is 11.0 Å². The van der Waals surface area contributed by atoms with E-state index in [0.29, 0.717) is 31.0 Å². The number of alkyl halides is 2. The van der Waals surface area contributed by atoms with Crippen molar-refractivity contribution in [2.45, 2.75) is 26.8 Å². The maximum absolute atomic E-state index is 13.5. The second-order valence-corrected chi connectivity index (χ2v) is 8.17. The Balaban J connectivity index is 1.47. The van der Waals surface area contributed by atoms with Gasteiger partial charge in [0.25, 0.3) is 17.9 Å². The zero-order chi connectivity index (χ0) is 23.7.